The Morgan fingerprint density at radius 2 is 1.85 bits per heavy atom. The van der Waals surface area contributed by atoms with E-state index < -0.39 is 0 Å². The lowest BCUT2D eigenvalue weighted by Crippen LogP contribution is -2.13. The third-order valence-electron chi connectivity index (χ3n) is 3.02. The molecule has 1 atom stereocenters. The predicted octanol–water partition coefficient (Wildman–Crippen LogP) is 2.97. The second-order valence-electron chi connectivity index (χ2n) is 4.43. The van der Waals surface area contributed by atoms with Crippen molar-refractivity contribution in [2.45, 2.75) is 6.04 Å². The van der Waals surface area contributed by atoms with Gasteiger partial charge in [0.25, 0.3) is 0 Å². The summed E-state index contributed by atoms with van der Waals surface area (Å²) < 4.78 is 0. The predicted molar refractivity (Wildman–Crippen MR) is 78.8 cm³/mol. The maximum atomic E-state index is 6.20. The molecule has 0 amide bonds. The molecule has 0 saturated heterocycles. The van der Waals surface area contributed by atoms with Crippen LogP contribution in [0.4, 0.5) is 0 Å². The second kappa shape index (κ2) is 5.45. The van der Waals surface area contributed by atoms with Crippen molar-refractivity contribution >= 4 is 11.6 Å². The van der Waals surface area contributed by atoms with Crippen LogP contribution in [0, 0.1) is 0 Å². The third-order valence-corrected chi connectivity index (χ3v) is 3.26. The Morgan fingerprint density at radius 1 is 1.05 bits per heavy atom. The third kappa shape index (κ3) is 2.57. The topological polar surface area (TPSA) is 56.7 Å². The van der Waals surface area contributed by atoms with Crippen LogP contribution in [0.1, 0.15) is 17.3 Å². The Labute approximate surface area is 121 Å². The number of rotatable bonds is 3. The Morgan fingerprint density at radius 3 is 2.60 bits per heavy atom. The van der Waals surface area contributed by atoms with Crippen molar-refractivity contribution in [2.75, 3.05) is 0 Å². The molecule has 0 aliphatic rings. The Bertz CT molecular complexity index is 709. The molecule has 0 saturated carbocycles. The number of nitrogens with zero attached hydrogens (tertiary/aromatic N) is 3. The van der Waals surface area contributed by atoms with Gasteiger partial charge in [-0.05, 0) is 29.8 Å². The first-order valence-electron chi connectivity index (χ1n) is 6.23. The summed E-state index contributed by atoms with van der Waals surface area (Å²) in [5.41, 5.74) is 8.72. The van der Waals surface area contributed by atoms with Crippen LogP contribution in [0.15, 0.2) is 60.8 Å². The largest absolute Gasteiger partial charge is 0.319 e. The van der Waals surface area contributed by atoms with E-state index in [1.807, 2.05) is 54.6 Å². The van der Waals surface area contributed by atoms with E-state index in [-0.39, 0.29) is 6.04 Å². The number of aromatic nitrogens is 3. The Hall–Kier alpha value is -2.17. The molecule has 3 rings (SSSR count). The minimum absolute atomic E-state index is 0.342. The van der Waals surface area contributed by atoms with Crippen molar-refractivity contribution in [3.63, 3.8) is 0 Å². The molecule has 1 heterocycles. The fourth-order valence-electron chi connectivity index (χ4n) is 1.97. The molecular formula is C15H13ClN4. The molecule has 3 aromatic rings. The standard InChI is InChI=1S/C15H13ClN4/c16-12-6-4-5-11(9-12)15(17)14-10-18-20(19-14)13-7-2-1-3-8-13/h1-10,15H,17H2. The van der Waals surface area contributed by atoms with Gasteiger partial charge in [-0.25, -0.2) is 0 Å². The summed E-state index contributed by atoms with van der Waals surface area (Å²) in [5, 5.41) is 9.33. The zero-order chi connectivity index (χ0) is 13.9. The molecule has 0 radical (unpaired) electrons. The van der Waals surface area contributed by atoms with Gasteiger partial charge in [-0.2, -0.15) is 15.0 Å². The molecule has 4 nitrogen and oxygen atoms in total. The van der Waals surface area contributed by atoms with Gasteiger partial charge in [-0.15, -0.1) is 0 Å². The van der Waals surface area contributed by atoms with E-state index >= 15 is 0 Å². The van der Waals surface area contributed by atoms with E-state index in [4.69, 9.17) is 17.3 Å². The van der Waals surface area contributed by atoms with Gasteiger partial charge in [0, 0.05) is 5.02 Å². The summed E-state index contributed by atoms with van der Waals surface area (Å²) in [6.45, 7) is 0. The highest BCUT2D eigenvalue weighted by Crippen LogP contribution is 2.20. The molecule has 1 aromatic heterocycles. The van der Waals surface area contributed by atoms with E-state index in [2.05, 4.69) is 10.2 Å². The molecule has 0 spiro atoms. The lowest BCUT2D eigenvalue weighted by Gasteiger charge is -2.08. The number of halogens is 1. The van der Waals surface area contributed by atoms with Gasteiger partial charge in [-0.1, -0.05) is 41.9 Å². The van der Waals surface area contributed by atoms with E-state index in [1.165, 1.54) is 0 Å². The van der Waals surface area contributed by atoms with Crippen LogP contribution >= 0.6 is 11.6 Å². The highest BCUT2D eigenvalue weighted by molar-refractivity contribution is 6.30. The lowest BCUT2D eigenvalue weighted by molar-refractivity contribution is 0.720. The molecular weight excluding hydrogens is 272 g/mol. The van der Waals surface area contributed by atoms with Crippen molar-refractivity contribution in [3.05, 3.63) is 77.1 Å². The normalized spacial score (nSPS) is 12.3. The van der Waals surface area contributed by atoms with Gasteiger partial charge in [0.1, 0.15) is 5.69 Å². The van der Waals surface area contributed by atoms with Gasteiger partial charge in [0.05, 0.1) is 17.9 Å². The van der Waals surface area contributed by atoms with Gasteiger partial charge >= 0.3 is 0 Å². The lowest BCUT2D eigenvalue weighted by atomic mass is 10.1. The van der Waals surface area contributed by atoms with Crippen LogP contribution in [-0.2, 0) is 0 Å². The van der Waals surface area contributed by atoms with Crippen LogP contribution in [0.25, 0.3) is 5.69 Å². The first-order chi connectivity index (χ1) is 9.74. The van der Waals surface area contributed by atoms with E-state index in [1.54, 1.807) is 11.0 Å². The first-order valence-corrected chi connectivity index (χ1v) is 6.60. The quantitative estimate of drug-likeness (QED) is 0.804. The maximum absolute atomic E-state index is 6.20. The zero-order valence-corrected chi connectivity index (χ0v) is 11.4. The summed E-state index contributed by atoms with van der Waals surface area (Å²) in [6.07, 6.45) is 1.68. The van der Waals surface area contributed by atoms with Crippen LogP contribution in [-0.4, -0.2) is 15.0 Å². The molecule has 5 heteroatoms. The fraction of sp³-hybridized carbons (Fsp3) is 0.0667. The van der Waals surface area contributed by atoms with Gasteiger partial charge < -0.3 is 5.73 Å². The Balaban J connectivity index is 1.90. The van der Waals surface area contributed by atoms with Crippen molar-refractivity contribution in [1.82, 2.24) is 15.0 Å². The van der Waals surface area contributed by atoms with E-state index in [0.29, 0.717) is 10.7 Å². The van der Waals surface area contributed by atoms with Gasteiger partial charge in [-0.3, -0.25) is 0 Å². The molecule has 0 aliphatic heterocycles. The van der Waals surface area contributed by atoms with E-state index in [9.17, 15) is 0 Å². The zero-order valence-electron chi connectivity index (χ0n) is 10.6. The smallest absolute Gasteiger partial charge is 0.104 e. The molecule has 100 valence electrons. The van der Waals surface area contributed by atoms with Crippen LogP contribution in [0.5, 0.6) is 0 Å². The highest BCUT2D eigenvalue weighted by Gasteiger charge is 2.13. The summed E-state index contributed by atoms with van der Waals surface area (Å²) in [5.74, 6) is 0. The summed E-state index contributed by atoms with van der Waals surface area (Å²) in [4.78, 5) is 1.57. The molecule has 0 aliphatic carbocycles. The van der Waals surface area contributed by atoms with Crippen LogP contribution in [0.3, 0.4) is 0 Å². The van der Waals surface area contributed by atoms with Gasteiger partial charge in [0.15, 0.2) is 0 Å². The molecule has 20 heavy (non-hydrogen) atoms. The van der Waals surface area contributed by atoms with E-state index in [0.717, 1.165) is 11.3 Å². The average Bonchev–Trinajstić information content (AvgIpc) is 2.97. The minimum Gasteiger partial charge on any atom is -0.319 e. The molecule has 1 unspecified atom stereocenters. The van der Waals surface area contributed by atoms with Crippen LogP contribution < -0.4 is 5.73 Å². The summed E-state index contributed by atoms with van der Waals surface area (Å²) >= 11 is 5.98. The minimum atomic E-state index is -0.342. The van der Waals surface area contributed by atoms with Crippen molar-refractivity contribution < 1.29 is 0 Å². The van der Waals surface area contributed by atoms with Gasteiger partial charge in [0.2, 0.25) is 0 Å². The monoisotopic (exact) mass is 284 g/mol. The maximum Gasteiger partial charge on any atom is 0.104 e. The molecule has 2 aromatic carbocycles. The number of benzene rings is 2. The number of nitrogens with two attached hydrogens (primary N) is 1. The summed E-state index contributed by atoms with van der Waals surface area (Å²) in [7, 11) is 0. The fourth-order valence-corrected chi connectivity index (χ4v) is 2.17. The SMILES string of the molecule is NC(c1cccc(Cl)c1)c1cnn(-c2ccccc2)n1. The molecule has 2 N–H and O–H groups in total. The van der Waals surface area contributed by atoms with Crippen molar-refractivity contribution in [1.29, 1.82) is 0 Å². The summed E-state index contributed by atoms with van der Waals surface area (Å²) in [6, 6.07) is 16.8. The second-order valence-corrected chi connectivity index (χ2v) is 4.86. The number of hydrogen-bond acceptors (Lipinski definition) is 3. The highest BCUT2D eigenvalue weighted by atomic mass is 35.5. The average molecular weight is 285 g/mol. The van der Waals surface area contributed by atoms with Crippen LogP contribution in [0.2, 0.25) is 5.02 Å². The molecule has 0 fully saturated rings. The number of para-hydroxylation sites is 1. The van der Waals surface area contributed by atoms with Crippen molar-refractivity contribution in [2.24, 2.45) is 5.73 Å². The number of hydrogen-bond donors (Lipinski definition) is 1. The van der Waals surface area contributed by atoms with Crippen molar-refractivity contribution in [3.8, 4) is 5.69 Å². The molecule has 0 bridgehead atoms. The Kier molecular flexibility index (Phi) is 3.50. The first kappa shape index (κ1) is 12.8.